The number of nitrogen functional groups attached to an aromatic ring is 1. The van der Waals surface area contributed by atoms with Gasteiger partial charge in [0.15, 0.2) is 0 Å². The Balaban J connectivity index is 1.80. The fraction of sp³-hybridized carbons (Fsp3) is 0.214. The molecule has 0 bridgehead atoms. The van der Waals surface area contributed by atoms with Crippen LogP contribution in [0.4, 0.5) is 0 Å². The number of nitrogens with two attached hydrogens (primary N) is 1. The Kier molecular flexibility index (Phi) is 4.21. The molecule has 114 valence electrons. The molecule has 0 unspecified atom stereocenters. The van der Waals surface area contributed by atoms with Gasteiger partial charge in [0.05, 0.1) is 5.69 Å². The van der Waals surface area contributed by atoms with Crippen LogP contribution >= 0.6 is 27.7 Å². The summed E-state index contributed by atoms with van der Waals surface area (Å²) in [5.74, 6) is 7.39. The lowest BCUT2D eigenvalue weighted by Crippen LogP contribution is -2.17. The molecule has 3 aromatic rings. The summed E-state index contributed by atoms with van der Waals surface area (Å²) in [6.07, 6.45) is 0. The molecule has 2 N–H and O–H groups in total. The minimum atomic E-state index is 0.516. The van der Waals surface area contributed by atoms with Gasteiger partial charge in [-0.15, -0.1) is 10.2 Å². The van der Waals surface area contributed by atoms with Crippen molar-refractivity contribution in [2.75, 3.05) is 5.84 Å². The number of thioether (sulfide) groups is 1. The lowest BCUT2D eigenvalue weighted by Gasteiger charge is -2.05. The highest BCUT2D eigenvalue weighted by Crippen LogP contribution is 2.23. The quantitative estimate of drug-likeness (QED) is 0.557. The average molecular weight is 379 g/mol. The van der Waals surface area contributed by atoms with E-state index in [2.05, 4.69) is 43.4 Å². The molecule has 22 heavy (non-hydrogen) atoms. The van der Waals surface area contributed by atoms with E-state index >= 15 is 0 Å². The lowest BCUT2D eigenvalue weighted by atomic mass is 10.2. The van der Waals surface area contributed by atoms with Crippen LogP contribution in [0.3, 0.4) is 0 Å². The third-order valence-corrected chi connectivity index (χ3v) is 4.61. The molecule has 0 atom stereocenters. The maximum atomic E-state index is 6.11. The zero-order chi connectivity index (χ0) is 15.7. The van der Waals surface area contributed by atoms with Crippen LogP contribution < -0.4 is 5.84 Å². The third kappa shape index (κ3) is 3.02. The Bertz CT molecular complexity index is 810. The molecule has 8 heteroatoms. The van der Waals surface area contributed by atoms with Gasteiger partial charge < -0.3 is 5.84 Å². The van der Waals surface area contributed by atoms with Gasteiger partial charge in [-0.1, -0.05) is 39.8 Å². The summed E-state index contributed by atoms with van der Waals surface area (Å²) < 4.78 is 4.23. The minimum absolute atomic E-state index is 0.516. The van der Waals surface area contributed by atoms with Gasteiger partial charge in [0.1, 0.15) is 0 Å². The standard InChI is InChI=1S/C14H15BrN6S/c1-9-6-10(2)21(19-9)13-17-18-14(20(13)16)22-8-11-4-3-5-12(15)7-11/h3-7H,8,16H2,1-2H3. The molecule has 0 aliphatic carbocycles. The van der Waals surface area contributed by atoms with Crippen LogP contribution in [-0.4, -0.2) is 24.7 Å². The fourth-order valence-electron chi connectivity index (χ4n) is 2.12. The Labute approximate surface area is 140 Å². The van der Waals surface area contributed by atoms with E-state index in [0.717, 1.165) is 21.6 Å². The molecular weight excluding hydrogens is 364 g/mol. The second kappa shape index (κ2) is 6.13. The maximum Gasteiger partial charge on any atom is 0.271 e. The largest absolute Gasteiger partial charge is 0.334 e. The predicted octanol–water partition coefficient (Wildman–Crippen LogP) is 2.85. The van der Waals surface area contributed by atoms with Crippen LogP contribution in [0, 0.1) is 13.8 Å². The second-order valence-electron chi connectivity index (χ2n) is 4.91. The number of halogens is 1. The van der Waals surface area contributed by atoms with Crippen LogP contribution in [0.2, 0.25) is 0 Å². The molecule has 3 rings (SSSR count). The van der Waals surface area contributed by atoms with E-state index < -0.39 is 0 Å². The van der Waals surface area contributed by atoms with E-state index in [1.165, 1.54) is 22.0 Å². The van der Waals surface area contributed by atoms with Crippen LogP contribution in [0.1, 0.15) is 17.0 Å². The summed E-state index contributed by atoms with van der Waals surface area (Å²) in [6.45, 7) is 3.90. The van der Waals surface area contributed by atoms with E-state index in [4.69, 9.17) is 5.84 Å². The van der Waals surface area contributed by atoms with Crippen LogP contribution in [0.25, 0.3) is 5.95 Å². The first-order valence-corrected chi connectivity index (χ1v) is 8.44. The molecule has 0 spiro atoms. The zero-order valence-electron chi connectivity index (χ0n) is 12.2. The highest BCUT2D eigenvalue weighted by atomic mass is 79.9. The van der Waals surface area contributed by atoms with Crippen LogP contribution in [0.15, 0.2) is 40.0 Å². The van der Waals surface area contributed by atoms with Crippen molar-refractivity contribution in [1.29, 1.82) is 0 Å². The summed E-state index contributed by atoms with van der Waals surface area (Å²) in [5.41, 5.74) is 3.08. The van der Waals surface area contributed by atoms with Crippen molar-refractivity contribution in [3.8, 4) is 5.95 Å². The van der Waals surface area contributed by atoms with Crippen molar-refractivity contribution >= 4 is 27.7 Å². The van der Waals surface area contributed by atoms with E-state index in [9.17, 15) is 0 Å². The summed E-state index contributed by atoms with van der Waals surface area (Å²) in [4.78, 5) is 0. The number of benzene rings is 1. The van der Waals surface area contributed by atoms with E-state index in [1.807, 2.05) is 32.0 Å². The van der Waals surface area contributed by atoms with Crippen molar-refractivity contribution in [1.82, 2.24) is 24.7 Å². The molecule has 0 saturated heterocycles. The monoisotopic (exact) mass is 378 g/mol. The molecule has 2 aromatic heterocycles. The van der Waals surface area contributed by atoms with Crippen molar-refractivity contribution in [3.05, 3.63) is 51.8 Å². The summed E-state index contributed by atoms with van der Waals surface area (Å²) in [7, 11) is 0. The summed E-state index contributed by atoms with van der Waals surface area (Å²) in [5, 5.41) is 13.3. The number of rotatable bonds is 4. The van der Waals surface area contributed by atoms with Crippen molar-refractivity contribution in [2.24, 2.45) is 0 Å². The Morgan fingerprint density at radius 3 is 2.73 bits per heavy atom. The van der Waals surface area contributed by atoms with E-state index in [1.54, 1.807) is 4.68 Å². The average Bonchev–Trinajstić information content (AvgIpc) is 2.99. The van der Waals surface area contributed by atoms with Gasteiger partial charge in [-0.3, -0.25) is 0 Å². The van der Waals surface area contributed by atoms with E-state index in [0.29, 0.717) is 11.1 Å². The highest BCUT2D eigenvalue weighted by molar-refractivity contribution is 9.10. The SMILES string of the molecule is Cc1cc(C)n(-c2nnc(SCc3cccc(Br)c3)n2N)n1. The van der Waals surface area contributed by atoms with Crippen LogP contribution in [0.5, 0.6) is 0 Å². The zero-order valence-corrected chi connectivity index (χ0v) is 14.6. The number of nitrogens with zero attached hydrogens (tertiary/aromatic N) is 5. The van der Waals surface area contributed by atoms with Crippen molar-refractivity contribution in [2.45, 2.75) is 24.8 Å². The predicted molar refractivity (Wildman–Crippen MR) is 90.5 cm³/mol. The molecule has 0 saturated carbocycles. The third-order valence-electron chi connectivity index (χ3n) is 3.10. The molecule has 0 fully saturated rings. The van der Waals surface area contributed by atoms with Gasteiger partial charge in [0.25, 0.3) is 5.95 Å². The Morgan fingerprint density at radius 2 is 2.05 bits per heavy atom. The van der Waals surface area contributed by atoms with Gasteiger partial charge in [-0.05, 0) is 37.6 Å². The highest BCUT2D eigenvalue weighted by Gasteiger charge is 2.14. The lowest BCUT2D eigenvalue weighted by molar-refractivity contribution is 0.727. The Hall–Kier alpha value is -1.80. The molecule has 0 radical (unpaired) electrons. The van der Waals surface area contributed by atoms with Crippen LogP contribution in [-0.2, 0) is 5.75 Å². The number of aromatic nitrogens is 5. The maximum absolute atomic E-state index is 6.11. The molecule has 2 heterocycles. The normalized spacial score (nSPS) is 11.0. The molecular formula is C14H15BrN6S. The van der Waals surface area contributed by atoms with Gasteiger partial charge >= 0.3 is 0 Å². The number of hydrogen-bond donors (Lipinski definition) is 1. The number of hydrogen-bond acceptors (Lipinski definition) is 5. The summed E-state index contributed by atoms with van der Waals surface area (Å²) >= 11 is 5.01. The molecule has 0 aliphatic rings. The number of aryl methyl sites for hydroxylation is 2. The first-order valence-electron chi connectivity index (χ1n) is 6.66. The first-order chi connectivity index (χ1) is 10.5. The first kappa shape index (κ1) is 15.1. The Morgan fingerprint density at radius 1 is 1.23 bits per heavy atom. The smallest absolute Gasteiger partial charge is 0.271 e. The topological polar surface area (TPSA) is 74.5 Å². The van der Waals surface area contributed by atoms with Crippen molar-refractivity contribution < 1.29 is 0 Å². The molecule has 0 amide bonds. The second-order valence-corrected chi connectivity index (χ2v) is 6.77. The van der Waals surface area contributed by atoms with Gasteiger partial charge in [0.2, 0.25) is 5.16 Å². The fourth-order valence-corrected chi connectivity index (χ4v) is 3.36. The molecule has 6 nitrogen and oxygen atoms in total. The molecule has 0 aliphatic heterocycles. The minimum Gasteiger partial charge on any atom is -0.334 e. The van der Waals surface area contributed by atoms with Gasteiger partial charge in [-0.25, -0.2) is 9.36 Å². The van der Waals surface area contributed by atoms with E-state index in [-0.39, 0.29) is 0 Å². The van der Waals surface area contributed by atoms with Crippen molar-refractivity contribution in [3.63, 3.8) is 0 Å². The van der Waals surface area contributed by atoms with Gasteiger partial charge in [0, 0.05) is 15.9 Å². The van der Waals surface area contributed by atoms with Gasteiger partial charge in [-0.2, -0.15) is 5.10 Å². The molecule has 1 aromatic carbocycles. The summed E-state index contributed by atoms with van der Waals surface area (Å²) in [6, 6.07) is 10.1.